The molecule has 1 saturated heterocycles. The van der Waals surface area contributed by atoms with Gasteiger partial charge in [-0.3, -0.25) is 0 Å². The second kappa shape index (κ2) is 8.31. The number of carbonyl (C=O) groups excluding carboxylic acids is 1. The molecule has 8 nitrogen and oxygen atoms in total. The van der Waals surface area contributed by atoms with Crippen molar-refractivity contribution >= 4 is 25.3 Å². The van der Waals surface area contributed by atoms with Gasteiger partial charge in [-0.25, -0.2) is 9.59 Å². The predicted octanol–water partition coefficient (Wildman–Crippen LogP) is 3.63. The zero-order chi connectivity index (χ0) is 22.9. The fourth-order valence-corrected chi connectivity index (χ4v) is 2.68. The van der Waals surface area contributed by atoms with Crippen molar-refractivity contribution in [2.75, 3.05) is 6.54 Å². The number of hydrogen-bond donors (Lipinski definition) is 3. The maximum Gasteiger partial charge on any atom is 0.492 e. The predicted molar refractivity (Wildman–Crippen MR) is 113 cm³/mol. The number of carbonyl (C=O) groups is 2. The highest BCUT2D eigenvalue weighted by molar-refractivity contribution is 6.56. The van der Waals surface area contributed by atoms with Crippen molar-refractivity contribution in [1.82, 2.24) is 5.32 Å². The number of phenolic OH excluding ortho intramolecular Hbond substituents is 1. The normalized spacial score (nSPS) is 18.2. The minimum absolute atomic E-state index is 0.0336. The van der Waals surface area contributed by atoms with Crippen molar-refractivity contribution in [3.8, 4) is 5.75 Å². The summed E-state index contributed by atoms with van der Waals surface area (Å²) < 4.78 is 17.4. The van der Waals surface area contributed by atoms with Gasteiger partial charge in [-0.15, -0.1) is 0 Å². The molecular formula is C21H30BNO7. The van der Waals surface area contributed by atoms with E-state index in [-0.39, 0.29) is 17.9 Å². The monoisotopic (exact) mass is 419 g/mol. The summed E-state index contributed by atoms with van der Waals surface area (Å²) in [6.07, 6.45) is 1.01. The Morgan fingerprint density at radius 1 is 1.17 bits per heavy atom. The number of ether oxygens (including phenoxy) is 1. The molecule has 1 aliphatic rings. The molecule has 164 valence electrons. The van der Waals surface area contributed by atoms with Crippen LogP contribution in [0.15, 0.2) is 23.7 Å². The summed E-state index contributed by atoms with van der Waals surface area (Å²) >= 11 is 0. The molecule has 1 aromatic rings. The lowest BCUT2D eigenvalue weighted by Crippen LogP contribution is -2.41. The van der Waals surface area contributed by atoms with Gasteiger partial charge in [-0.05, 0) is 66.1 Å². The highest BCUT2D eigenvalue weighted by Crippen LogP contribution is 2.39. The van der Waals surface area contributed by atoms with Gasteiger partial charge in [0.05, 0.1) is 16.8 Å². The maximum absolute atomic E-state index is 12.1. The average Bonchev–Trinajstić information content (AvgIpc) is 2.78. The highest BCUT2D eigenvalue weighted by atomic mass is 16.7. The number of aromatic hydroxyl groups is 1. The first kappa shape index (κ1) is 23.8. The molecule has 0 unspecified atom stereocenters. The molecule has 1 aliphatic heterocycles. The van der Waals surface area contributed by atoms with Gasteiger partial charge >= 0.3 is 19.2 Å². The molecule has 0 saturated carbocycles. The topological polar surface area (TPSA) is 114 Å². The lowest BCUT2D eigenvalue weighted by molar-refractivity contribution is 0.00578. The Bertz CT molecular complexity index is 839. The van der Waals surface area contributed by atoms with Gasteiger partial charge in [0.2, 0.25) is 0 Å². The van der Waals surface area contributed by atoms with Gasteiger partial charge in [-0.2, -0.15) is 0 Å². The summed E-state index contributed by atoms with van der Waals surface area (Å²) in [4.78, 5) is 23.2. The molecule has 1 amide bonds. The first-order chi connectivity index (χ1) is 13.6. The van der Waals surface area contributed by atoms with E-state index >= 15 is 0 Å². The van der Waals surface area contributed by atoms with Crippen LogP contribution in [-0.4, -0.2) is 52.7 Å². The number of carboxylic acid groups (broad SMARTS) is 1. The van der Waals surface area contributed by atoms with Crippen molar-refractivity contribution in [2.24, 2.45) is 0 Å². The summed E-state index contributed by atoms with van der Waals surface area (Å²) in [5.74, 6) is -1.35. The summed E-state index contributed by atoms with van der Waals surface area (Å²) in [5.41, 5.74) is -0.971. The molecule has 0 radical (unpaired) electrons. The first-order valence-corrected chi connectivity index (χ1v) is 9.70. The molecule has 0 bridgehead atoms. The molecule has 1 aromatic carbocycles. The molecule has 0 aliphatic carbocycles. The van der Waals surface area contributed by atoms with Crippen LogP contribution in [-0.2, 0) is 14.0 Å². The van der Waals surface area contributed by atoms with Crippen LogP contribution in [0.2, 0.25) is 0 Å². The molecule has 2 rings (SSSR count). The molecule has 0 spiro atoms. The molecule has 0 atom stereocenters. The van der Waals surface area contributed by atoms with Gasteiger partial charge in [0.15, 0.2) is 0 Å². The van der Waals surface area contributed by atoms with Crippen LogP contribution in [0.1, 0.15) is 64.4 Å². The molecule has 30 heavy (non-hydrogen) atoms. The number of benzene rings is 1. The molecule has 3 N–H and O–H groups in total. The van der Waals surface area contributed by atoms with E-state index in [1.807, 2.05) is 27.7 Å². The summed E-state index contributed by atoms with van der Waals surface area (Å²) in [7, 11) is -0.775. The Morgan fingerprint density at radius 2 is 1.73 bits per heavy atom. The molecular weight excluding hydrogens is 389 g/mol. The zero-order valence-electron chi connectivity index (χ0n) is 18.5. The van der Waals surface area contributed by atoms with E-state index in [1.165, 1.54) is 12.1 Å². The van der Waals surface area contributed by atoms with E-state index < -0.39 is 36.0 Å². The van der Waals surface area contributed by atoms with Crippen LogP contribution in [0.4, 0.5) is 4.79 Å². The molecule has 1 heterocycles. The fraction of sp³-hybridized carbons (Fsp3) is 0.524. The van der Waals surface area contributed by atoms with E-state index in [1.54, 1.807) is 26.8 Å². The van der Waals surface area contributed by atoms with Crippen molar-refractivity contribution in [2.45, 2.75) is 65.3 Å². The Balaban J connectivity index is 2.33. The van der Waals surface area contributed by atoms with Crippen molar-refractivity contribution in [1.29, 1.82) is 0 Å². The van der Waals surface area contributed by atoms with Crippen LogP contribution < -0.4 is 5.32 Å². The largest absolute Gasteiger partial charge is 0.507 e. The Morgan fingerprint density at radius 3 is 2.20 bits per heavy atom. The Hall–Kier alpha value is -2.52. The second-order valence-corrected chi connectivity index (χ2v) is 9.24. The number of carboxylic acids is 1. The average molecular weight is 419 g/mol. The number of rotatable bonds is 5. The SMILES string of the molecule is CC(C)(C)OC(=O)NCC(=Cc1ccc(C(=O)O)cc1O)B1OC(C)(C)C(C)(C)O1. The smallest absolute Gasteiger partial charge is 0.492 e. The standard InChI is InChI=1S/C21H30BNO7/c1-19(2,3)28-18(27)23-12-15(22-29-20(4,5)21(6,7)30-22)10-13-8-9-14(17(25)26)11-16(13)24/h8-11,24H,12H2,1-7H3,(H,23,27)(H,25,26). The van der Waals surface area contributed by atoms with Crippen LogP contribution in [0.25, 0.3) is 6.08 Å². The maximum atomic E-state index is 12.1. The van der Waals surface area contributed by atoms with E-state index in [0.717, 1.165) is 6.07 Å². The quantitative estimate of drug-likeness (QED) is 0.625. The number of phenols is 1. The van der Waals surface area contributed by atoms with E-state index in [2.05, 4.69) is 5.32 Å². The summed E-state index contributed by atoms with van der Waals surface area (Å²) in [6.45, 7) is 13.0. The van der Waals surface area contributed by atoms with Crippen LogP contribution in [0.5, 0.6) is 5.75 Å². The minimum atomic E-state index is -1.14. The summed E-state index contributed by atoms with van der Waals surface area (Å²) in [6, 6.07) is 4.03. The van der Waals surface area contributed by atoms with Crippen LogP contribution in [0.3, 0.4) is 0 Å². The zero-order valence-corrected chi connectivity index (χ0v) is 18.5. The lowest BCUT2D eigenvalue weighted by atomic mass is 9.77. The minimum Gasteiger partial charge on any atom is -0.507 e. The van der Waals surface area contributed by atoms with Gasteiger partial charge in [0.1, 0.15) is 11.4 Å². The number of aromatic carboxylic acids is 1. The lowest BCUT2D eigenvalue weighted by Gasteiger charge is -2.32. The highest BCUT2D eigenvalue weighted by Gasteiger charge is 2.52. The van der Waals surface area contributed by atoms with Crippen molar-refractivity contribution in [3.05, 3.63) is 34.8 Å². The summed E-state index contributed by atoms with van der Waals surface area (Å²) in [5, 5.41) is 22.0. The van der Waals surface area contributed by atoms with Gasteiger partial charge in [0, 0.05) is 12.1 Å². The Kier molecular flexibility index (Phi) is 6.59. The third kappa shape index (κ3) is 5.76. The van der Waals surface area contributed by atoms with E-state index in [9.17, 15) is 14.7 Å². The van der Waals surface area contributed by atoms with Crippen LogP contribution in [0, 0.1) is 0 Å². The molecule has 0 aromatic heterocycles. The Labute approximate surface area is 177 Å². The first-order valence-electron chi connectivity index (χ1n) is 9.70. The number of alkyl carbamates (subject to hydrolysis) is 1. The second-order valence-electron chi connectivity index (χ2n) is 9.24. The molecule has 9 heteroatoms. The van der Waals surface area contributed by atoms with Crippen LogP contribution >= 0.6 is 0 Å². The van der Waals surface area contributed by atoms with Crippen molar-refractivity contribution < 1.29 is 33.8 Å². The van der Waals surface area contributed by atoms with Gasteiger partial charge in [-0.1, -0.05) is 12.1 Å². The van der Waals surface area contributed by atoms with Crippen molar-refractivity contribution in [3.63, 3.8) is 0 Å². The number of hydrogen-bond acceptors (Lipinski definition) is 6. The number of amides is 1. The molecule has 1 fully saturated rings. The third-order valence-corrected chi connectivity index (χ3v) is 5.01. The fourth-order valence-electron chi connectivity index (χ4n) is 2.68. The van der Waals surface area contributed by atoms with Gasteiger partial charge in [0.25, 0.3) is 0 Å². The van der Waals surface area contributed by atoms with E-state index in [0.29, 0.717) is 11.0 Å². The third-order valence-electron chi connectivity index (χ3n) is 5.01. The van der Waals surface area contributed by atoms with Gasteiger partial charge < -0.3 is 29.6 Å². The number of nitrogens with one attached hydrogen (secondary N) is 1. The van der Waals surface area contributed by atoms with E-state index in [4.69, 9.17) is 19.2 Å².